The summed E-state index contributed by atoms with van der Waals surface area (Å²) in [7, 11) is 0. The van der Waals surface area contributed by atoms with Gasteiger partial charge in [-0.25, -0.2) is 0 Å². The van der Waals surface area contributed by atoms with Crippen molar-refractivity contribution in [2.75, 3.05) is 6.54 Å². The monoisotopic (exact) mass is 233 g/mol. The van der Waals surface area contributed by atoms with Crippen molar-refractivity contribution in [3.05, 3.63) is 29.5 Å². The minimum absolute atomic E-state index is 0.370. The van der Waals surface area contributed by atoms with Crippen LogP contribution in [0.1, 0.15) is 31.2 Å². The molecule has 0 aliphatic carbocycles. The van der Waals surface area contributed by atoms with Gasteiger partial charge in [0.2, 0.25) is 0 Å². The maximum atomic E-state index is 10.2. The second-order valence-corrected chi connectivity index (χ2v) is 4.66. The van der Waals surface area contributed by atoms with Gasteiger partial charge in [0.15, 0.2) is 0 Å². The van der Waals surface area contributed by atoms with Gasteiger partial charge in [-0.05, 0) is 18.6 Å². The molecule has 0 aliphatic rings. The second-order valence-electron chi connectivity index (χ2n) is 4.66. The van der Waals surface area contributed by atoms with E-state index in [1.807, 2.05) is 25.1 Å². The normalized spacial score (nSPS) is 13.5. The molecular weight excluding hydrogens is 214 g/mol. The molecule has 0 unspecified atom stereocenters. The number of hydrogen-bond donors (Lipinski definition) is 3. The van der Waals surface area contributed by atoms with E-state index in [2.05, 4.69) is 29.4 Å². The third-order valence-electron chi connectivity index (χ3n) is 2.88. The van der Waals surface area contributed by atoms with E-state index in [0.29, 0.717) is 12.6 Å². The zero-order chi connectivity index (χ0) is 12.4. The molecule has 0 saturated heterocycles. The summed E-state index contributed by atoms with van der Waals surface area (Å²) in [6.45, 7) is 6.64. The molecule has 2 rings (SSSR count). The topological polar surface area (TPSA) is 60.9 Å². The summed E-state index contributed by atoms with van der Waals surface area (Å²) in [6.07, 6.45) is -0.502. The lowest BCUT2D eigenvalue weighted by Gasteiger charge is -2.15. The minimum atomic E-state index is -0.502. The fourth-order valence-corrected chi connectivity index (χ4v) is 2.00. The summed E-state index contributed by atoms with van der Waals surface area (Å²) in [5, 5.41) is 21.6. The van der Waals surface area contributed by atoms with E-state index < -0.39 is 6.10 Å². The first-order valence-electron chi connectivity index (χ1n) is 5.94. The van der Waals surface area contributed by atoms with Crippen molar-refractivity contribution in [2.45, 2.75) is 32.9 Å². The van der Waals surface area contributed by atoms with Crippen molar-refractivity contribution in [3.63, 3.8) is 0 Å². The molecule has 0 fully saturated rings. The highest BCUT2D eigenvalue weighted by Crippen LogP contribution is 2.25. The number of fused-ring (bicyclic) bond motifs is 1. The first-order chi connectivity index (χ1) is 8.09. The number of aliphatic hydroxyl groups is 1. The Morgan fingerprint density at radius 3 is 2.88 bits per heavy atom. The first-order valence-corrected chi connectivity index (χ1v) is 5.94. The quantitative estimate of drug-likeness (QED) is 0.756. The van der Waals surface area contributed by atoms with Gasteiger partial charge in [-0.1, -0.05) is 26.0 Å². The Bertz CT molecular complexity index is 504. The predicted molar refractivity (Wildman–Crippen MR) is 68.9 cm³/mol. The number of rotatable bonds is 4. The van der Waals surface area contributed by atoms with Crippen molar-refractivity contribution in [1.29, 1.82) is 0 Å². The van der Waals surface area contributed by atoms with Gasteiger partial charge in [0.25, 0.3) is 0 Å². The van der Waals surface area contributed by atoms with Gasteiger partial charge >= 0.3 is 0 Å². The lowest BCUT2D eigenvalue weighted by atomic mass is 10.0. The van der Waals surface area contributed by atoms with Gasteiger partial charge in [-0.3, -0.25) is 5.10 Å². The van der Waals surface area contributed by atoms with Crippen LogP contribution in [0.4, 0.5) is 0 Å². The fraction of sp³-hybridized carbons (Fsp3) is 0.462. The van der Waals surface area contributed by atoms with Gasteiger partial charge in [-0.2, -0.15) is 5.10 Å². The van der Waals surface area contributed by atoms with E-state index in [1.54, 1.807) is 0 Å². The van der Waals surface area contributed by atoms with E-state index in [4.69, 9.17) is 0 Å². The highest BCUT2D eigenvalue weighted by molar-refractivity contribution is 5.85. The van der Waals surface area contributed by atoms with E-state index in [0.717, 1.165) is 22.2 Å². The van der Waals surface area contributed by atoms with Crippen LogP contribution >= 0.6 is 0 Å². The standard InChI is InChI=1S/C13H19N3O/c1-8(2)14-7-12(17)10-5-4-6-11-13(10)9(3)15-16-11/h4-6,8,12,14,17H,7H2,1-3H3,(H,15,16)/t12-/m0/s1. The minimum Gasteiger partial charge on any atom is -0.387 e. The van der Waals surface area contributed by atoms with E-state index in [9.17, 15) is 5.11 Å². The maximum absolute atomic E-state index is 10.2. The zero-order valence-electron chi connectivity index (χ0n) is 10.5. The molecule has 1 aromatic carbocycles. The van der Waals surface area contributed by atoms with Crippen molar-refractivity contribution in [2.24, 2.45) is 0 Å². The highest BCUT2D eigenvalue weighted by Gasteiger charge is 2.14. The van der Waals surface area contributed by atoms with E-state index in [-0.39, 0.29) is 0 Å². The highest BCUT2D eigenvalue weighted by atomic mass is 16.3. The van der Waals surface area contributed by atoms with E-state index >= 15 is 0 Å². The number of aryl methyl sites for hydroxylation is 1. The van der Waals surface area contributed by atoms with Gasteiger partial charge in [0.1, 0.15) is 0 Å². The number of nitrogens with one attached hydrogen (secondary N) is 2. The Morgan fingerprint density at radius 2 is 2.18 bits per heavy atom. The molecular formula is C13H19N3O. The Kier molecular flexibility index (Phi) is 3.45. The van der Waals surface area contributed by atoms with Crippen LogP contribution in [0.5, 0.6) is 0 Å². The predicted octanol–water partition coefficient (Wildman–Crippen LogP) is 1.90. The maximum Gasteiger partial charge on any atom is 0.0921 e. The molecule has 0 saturated carbocycles. The Hall–Kier alpha value is -1.39. The van der Waals surface area contributed by atoms with Gasteiger partial charge < -0.3 is 10.4 Å². The molecule has 4 heteroatoms. The zero-order valence-corrected chi connectivity index (χ0v) is 10.5. The second kappa shape index (κ2) is 4.85. The third-order valence-corrected chi connectivity index (χ3v) is 2.88. The summed E-state index contributed by atoms with van der Waals surface area (Å²) in [5.41, 5.74) is 2.84. The Balaban J connectivity index is 2.31. The van der Waals surface area contributed by atoms with Crippen LogP contribution in [0.15, 0.2) is 18.2 Å². The molecule has 3 N–H and O–H groups in total. The van der Waals surface area contributed by atoms with Gasteiger partial charge in [0, 0.05) is 18.0 Å². The molecule has 0 radical (unpaired) electrons. The third kappa shape index (κ3) is 2.48. The molecule has 92 valence electrons. The molecule has 1 heterocycles. The van der Waals surface area contributed by atoms with Gasteiger partial charge in [0.05, 0.1) is 17.3 Å². The number of aromatic nitrogens is 2. The lowest BCUT2D eigenvalue weighted by molar-refractivity contribution is 0.173. The molecule has 1 atom stereocenters. The lowest BCUT2D eigenvalue weighted by Crippen LogP contribution is -2.28. The smallest absolute Gasteiger partial charge is 0.0921 e. The number of aliphatic hydroxyl groups excluding tert-OH is 1. The Morgan fingerprint density at radius 1 is 1.41 bits per heavy atom. The largest absolute Gasteiger partial charge is 0.387 e. The number of nitrogens with zero attached hydrogens (tertiary/aromatic N) is 1. The average Bonchev–Trinajstić information content (AvgIpc) is 2.68. The van der Waals surface area contributed by atoms with Crippen molar-refractivity contribution < 1.29 is 5.11 Å². The number of hydrogen-bond acceptors (Lipinski definition) is 3. The van der Waals surface area contributed by atoms with Crippen molar-refractivity contribution in [3.8, 4) is 0 Å². The van der Waals surface area contributed by atoms with Crippen LogP contribution in [0, 0.1) is 6.92 Å². The molecule has 0 spiro atoms. The summed E-state index contributed by atoms with van der Waals surface area (Å²) >= 11 is 0. The number of benzene rings is 1. The molecule has 17 heavy (non-hydrogen) atoms. The SMILES string of the molecule is Cc1n[nH]c2cccc([C@@H](O)CNC(C)C)c12. The molecule has 0 amide bonds. The Labute approximate surface area is 101 Å². The summed E-state index contributed by atoms with van der Waals surface area (Å²) in [4.78, 5) is 0. The summed E-state index contributed by atoms with van der Waals surface area (Å²) < 4.78 is 0. The molecule has 4 nitrogen and oxygen atoms in total. The molecule has 2 aromatic rings. The van der Waals surface area contributed by atoms with Crippen LogP contribution in [0.2, 0.25) is 0 Å². The van der Waals surface area contributed by atoms with Crippen LogP contribution in [-0.4, -0.2) is 27.9 Å². The fourth-order valence-electron chi connectivity index (χ4n) is 2.00. The molecule has 1 aromatic heterocycles. The van der Waals surface area contributed by atoms with E-state index in [1.165, 1.54) is 0 Å². The first kappa shape index (κ1) is 12.1. The van der Waals surface area contributed by atoms with Crippen molar-refractivity contribution in [1.82, 2.24) is 15.5 Å². The van der Waals surface area contributed by atoms with Crippen LogP contribution in [0.3, 0.4) is 0 Å². The summed E-state index contributed by atoms with van der Waals surface area (Å²) in [5.74, 6) is 0. The van der Waals surface area contributed by atoms with Crippen LogP contribution in [0.25, 0.3) is 10.9 Å². The van der Waals surface area contributed by atoms with Gasteiger partial charge in [-0.15, -0.1) is 0 Å². The van der Waals surface area contributed by atoms with Crippen LogP contribution in [-0.2, 0) is 0 Å². The van der Waals surface area contributed by atoms with Crippen LogP contribution < -0.4 is 5.32 Å². The molecule has 0 bridgehead atoms. The molecule has 0 aliphatic heterocycles. The number of aromatic amines is 1. The number of H-pyrrole nitrogens is 1. The average molecular weight is 233 g/mol. The van der Waals surface area contributed by atoms with Crippen molar-refractivity contribution >= 4 is 10.9 Å². The summed E-state index contributed by atoms with van der Waals surface area (Å²) in [6, 6.07) is 6.24.